The number of amides is 2. The summed E-state index contributed by atoms with van der Waals surface area (Å²) in [5, 5.41) is 0. The number of carbonyl (C=O) groups excluding carboxylic acids is 1. The fourth-order valence-corrected chi connectivity index (χ4v) is 8.27. The fourth-order valence-electron chi connectivity index (χ4n) is 0.919. The van der Waals surface area contributed by atoms with Crippen molar-refractivity contribution >= 4 is 22.7 Å². The SMILES string of the molecule is C[Si](C)(C)O[Si](C)(C)C.NC(N)=O. The smallest absolute Gasteiger partial charge is 0.309 e. The van der Waals surface area contributed by atoms with E-state index in [1.54, 1.807) is 0 Å². The molecule has 0 unspecified atom stereocenters. The number of carbonyl (C=O) groups is 1. The molecule has 0 atom stereocenters. The molecule has 0 spiro atoms. The van der Waals surface area contributed by atoms with Crippen LogP contribution in [0.3, 0.4) is 0 Å². The van der Waals surface area contributed by atoms with E-state index in [9.17, 15) is 0 Å². The Morgan fingerprint density at radius 1 is 0.923 bits per heavy atom. The molecule has 4 N–H and O–H groups in total. The Hall–Kier alpha value is -0.336. The molecule has 4 nitrogen and oxygen atoms in total. The highest BCUT2D eigenvalue weighted by molar-refractivity contribution is 6.83. The number of rotatable bonds is 2. The summed E-state index contributed by atoms with van der Waals surface area (Å²) in [6.45, 7) is 13.4. The minimum Gasteiger partial charge on any atom is -0.456 e. The Morgan fingerprint density at radius 3 is 1.08 bits per heavy atom. The molecule has 0 aliphatic carbocycles. The average molecular weight is 222 g/mol. The van der Waals surface area contributed by atoms with Crippen LogP contribution in [0.5, 0.6) is 0 Å². The zero-order valence-electron chi connectivity index (χ0n) is 9.47. The van der Waals surface area contributed by atoms with Gasteiger partial charge < -0.3 is 15.6 Å². The summed E-state index contributed by atoms with van der Waals surface area (Å²) >= 11 is 0. The van der Waals surface area contributed by atoms with E-state index in [-0.39, 0.29) is 0 Å². The van der Waals surface area contributed by atoms with Gasteiger partial charge in [-0.1, -0.05) is 0 Å². The first-order valence-electron chi connectivity index (χ1n) is 4.19. The van der Waals surface area contributed by atoms with Crippen LogP contribution < -0.4 is 11.5 Å². The highest BCUT2D eigenvalue weighted by Gasteiger charge is 2.24. The molecule has 0 aliphatic heterocycles. The summed E-state index contributed by atoms with van der Waals surface area (Å²) in [6.07, 6.45) is 0. The summed E-state index contributed by atoms with van der Waals surface area (Å²) < 4.78 is 5.90. The third-order valence-electron chi connectivity index (χ3n) is 0.612. The average Bonchev–Trinajstić information content (AvgIpc) is 1.47. The van der Waals surface area contributed by atoms with Crippen molar-refractivity contribution in [3.05, 3.63) is 0 Å². The van der Waals surface area contributed by atoms with Gasteiger partial charge in [0.15, 0.2) is 16.6 Å². The lowest BCUT2D eigenvalue weighted by molar-refractivity contribution is 0.256. The van der Waals surface area contributed by atoms with Gasteiger partial charge in [-0.2, -0.15) is 0 Å². The van der Waals surface area contributed by atoms with Crippen molar-refractivity contribution in [1.82, 2.24) is 0 Å². The second kappa shape index (κ2) is 5.41. The number of urea groups is 1. The Morgan fingerprint density at radius 2 is 1.08 bits per heavy atom. The van der Waals surface area contributed by atoms with Crippen molar-refractivity contribution in [1.29, 1.82) is 0 Å². The summed E-state index contributed by atoms with van der Waals surface area (Å²) in [5.41, 5.74) is 8.50. The van der Waals surface area contributed by atoms with E-state index in [1.165, 1.54) is 0 Å². The predicted molar refractivity (Wildman–Crippen MR) is 61.5 cm³/mol. The van der Waals surface area contributed by atoms with E-state index in [1.807, 2.05) is 0 Å². The van der Waals surface area contributed by atoms with E-state index in [0.717, 1.165) is 0 Å². The molecule has 0 heterocycles. The Balaban J connectivity index is 0. The second-order valence-electron chi connectivity index (χ2n) is 4.73. The van der Waals surface area contributed by atoms with Crippen LogP contribution in [0.2, 0.25) is 39.3 Å². The molecule has 0 saturated heterocycles. The minimum atomic E-state index is -1.23. The molecule has 0 bridgehead atoms. The lowest BCUT2D eigenvalue weighted by Crippen LogP contribution is -2.39. The van der Waals surface area contributed by atoms with Gasteiger partial charge >= 0.3 is 6.03 Å². The maximum atomic E-state index is 9.00. The van der Waals surface area contributed by atoms with Gasteiger partial charge in [0.05, 0.1) is 0 Å². The van der Waals surface area contributed by atoms with E-state index in [0.29, 0.717) is 0 Å². The molecule has 2 amide bonds. The Labute approximate surface area is 82.9 Å². The van der Waals surface area contributed by atoms with Crippen LogP contribution in [0.25, 0.3) is 0 Å². The minimum absolute atomic E-state index is 0.833. The highest BCUT2D eigenvalue weighted by atomic mass is 28.4. The summed E-state index contributed by atoms with van der Waals surface area (Å²) in [4.78, 5) is 9.00. The Bertz CT molecular complexity index is 145. The van der Waals surface area contributed by atoms with Gasteiger partial charge in [0, 0.05) is 0 Å². The molecule has 0 aliphatic rings. The van der Waals surface area contributed by atoms with E-state index < -0.39 is 22.7 Å². The second-order valence-corrected chi connectivity index (χ2v) is 14.0. The van der Waals surface area contributed by atoms with Gasteiger partial charge in [0.2, 0.25) is 0 Å². The number of primary amides is 2. The molecule has 0 radical (unpaired) electrons. The first kappa shape index (κ1) is 15.2. The van der Waals surface area contributed by atoms with Gasteiger partial charge in [-0.15, -0.1) is 0 Å². The van der Waals surface area contributed by atoms with E-state index in [2.05, 4.69) is 50.7 Å². The molecule has 6 heteroatoms. The molecule has 0 saturated carbocycles. The third-order valence-corrected chi connectivity index (χ3v) is 5.51. The quantitative estimate of drug-likeness (QED) is 0.698. The maximum absolute atomic E-state index is 9.00. The Kier molecular flexibility index (Phi) is 6.30. The maximum Gasteiger partial charge on any atom is 0.309 e. The molecule has 80 valence electrons. The van der Waals surface area contributed by atoms with Gasteiger partial charge in [-0.05, 0) is 39.3 Å². The standard InChI is InChI=1S/C6H18OSi2.CH4N2O/c1-8(2,3)7-9(4,5)6;2-1(3)4/h1-6H3;(H4,2,3,4). The molecular formula is C7H22N2O2Si2. The van der Waals surface area contributed by atoms with Gasteiger partial charge in [-0.25, -0.2) is 4.79 Å². The monoisotopic (exact) mass is 222 g/mol. The van der Waals surface area contributed by atoms with E-state index in [4.69, 9.17) is 8.91 Å². The van der Waals surface area contributed by atoms with Gasteiger partial charge in [0.25, 0.3) is 0 Å². The lowest BCUT2D eigenvalue weighted by Gasteiger charge is -2.27. The zero-order valence-corrected chi connectivity index (χ0v) is 11.5. The van der Waals surface area contributed by atoms with Crippen molar-refractivity contribution in [2.75, 3.05) is 0 Å². The molecular weight excluding hydrogens is 200 g/mol. The summed E-state index contributed by atoms with van der Waals surface area (Å²) in [6, 6.07) is -0.833. The number of hydrogen-bond donors (Lipinski definition) is 2. The zero-order chi connectivity index (χ0) is 11.3. The topological polar surface area (TPSA) is 78.3 Å². The number of nitrogens with two attached hydrogens (primary N) is 2. The molecule has 0 aromatic rings. The normalized spacial score (nSPS) is 11.5. The fraction of sp³-hybridized carbons (Fsp3) is 0.857. The molecule has 0 rings (SSSR count). The number of hydrogen-bond acceptors (Lipinski definition) is 2. The van der Waals surface area contributed by atoms with E-state index >= 15 is 0 Å². The van der Waals surface area contributed by atoms with Crippen LogP contribution in [0.1, 0.15) is 0 Å². The molecule has 0 fully saturated rings. The van der Waals surface area contributed by atoms with Crippen LogP contribution in [0, 0.1) is 0 Å². The van der Waals surface area contributed by atoms with Crippen LogP contribution in [0.15, 0.2) is 0 Å². The van der Waals surface area contributed by atoms with Crippen molar-refractivity contribution in [2.24, 2.45) is 11.5 Å². The first-order chi connectivity index (χ1) is 5.44. The summed E-state index contributed by atoms with van der Waals surface area (Å²) in [5.74, 6) is 0. The lowest BCUT2D eigenvalue weighted by atomic mass is 11.2. The van der Waals surface area contributed by atoms with Crippen molar-refractivity contribution < 1.29 is 8.91 Å². The van der Waals surface area contributed by atoms with Crippen LogP contribution in [-0.4, -0.2) is 22.7 Å². The third kappa shape index (κ3) is 34.0. The summed E-state index contributed by atoms with van der Waals surface area (Å²) in [7, 11) is -2.46. The molecule has 0 aromatic carbocycles. The first-order valence-corrected chi connectivity index (χ1v) is 11.0. The van der Waals surface area contributed by atoms with Crippen LogP contribution in [0.4, 0.5) is 4.79 Å². The molecule has 0 aromatic heterocycles. The van der Waals surface area contributed by atoms with Crippen molar-refractivity contribution in [2.45, 2.75) is 39.3 Å². The highest BCUT2D eigenvalue weighted by Crippen LogP contribution is 2.12. The van der Waals surface area contributed by atoms with Crippen molar-refractivity contribution in [3.63, 3.8) is 0 Å². The largest absolute Gasteiger partial charge is 0.456 e. The predicted octanol–water partition coefficient (Wildman–Crippen LogP) is 1.70. The van der Waals surface area contributed by atoms with Gasteiger partial charge in [-0.3, -0.25) is 0 Å². The molecule has 13 heavy (non-hydrogen) atoms. The van der Waals surface area contributed by atoms with Crippen LogP contribution in [-0.2, 0) is 4.12 Å². The van der Waals surface area contributed by atoms with Gasteiger partial charge in [0.1, 0.15) is 0 Å². The van der Waals surface area contributed by atoms with Crippen LogP contribution >= 0.6 is 0 Å². The van der Waals surface area contributed by atoms with Crippen molar-refractivity contribution in [3.8, 4) is 0 Å².